The van der Waals surface area contributed by atoms with Crippen LogP contribution in [0.15, 0.2) is 57.4 Å². The average Bonchev–Trinajstić information content (AvgIpc) is 2.95. The van der Waals surface area contributed by atoms with Gasteiger partial charge < -0.3 is 0 Å². The monoisotopic (exact) mass is 276 g/mol. The van der Waals surface area contributed by atoms with Crippen LogP contribution in [0.5, 0.6) is 0 Å². The van der Waals surface area contributed by atoms with Crippen LogP contribution in [0, 0.1) is 0 Å². The number of nitrogens with zero attached hydrogens (tertiary/aromatic N) is 2. The lowest BCUT2D eigenvalue weighted by atomic mass is 10.1. The Hall–Kier alpha value is -1.04. The smallest absolute Gasteiger partial charge is 0.185 e. The van der Waals surface area contributed by atoms with Crippen LogP contribution in [0.3, 0.4) is 0 Å². The lowest BCUT2D eigenvalue weighted by molar-refractivity contribution is 0.780. The van der Waals surface area contributed by atoms with Gasteiger partial charge in [-0.1, -0.05) is 54.3 Å². The van der Waals surface area contributed by atoms with Crippen molar-refractivity contribution in [2.75, 3.05) is 0 Å². The highest BCUT2D eigenvalue weighted by Gasteiger charge is 2.25. The van der Waals surface area contributed by atoms with Crippen molar-refractivity contribution in [3.05, 3.63) is 58.6 Å². The Morgan fingerprint density at radius 1 is 1.29 bits per heavy atom. The molecule has 2 heterocycles. The number of thiocarbonyl (C=S) groups is 1. The Bertz CT molecular complexity index is 546. The third-order valence-electron chi connectivity index (χ3n) is 2.36. The van der Waals surface area contributed by atoms with E-state index < -0.39 is 0 Å². The van der Waals surface area contributed by atoms with Gasteiger partial charge in [-0.2, -0.15) is 4.40 Å². The van der Waals surface area contributed by atoms with Gasteiger partial charge in [0.2, 0.25) is 0 Å². The summed E-state index contributed by atoms with van der Waals surface area (Å²) >= 11 is 8.52. The largest absolute Gasteiger partial charge is 0.288 e. The molecule has 0 aliphatic carbocycles. The number of amidine groups is 1. The lowest BCUT2D eigenvalue weighted by Crippen LogP contribution is -2.12. The molecule has 2 nitrogen and oxygen atoms in total. The fourth-order valence-electron chi connectivity index (χ4n) is 1.53. The number of rotatable bonds is 2. The Labute approximate surface area is 114 Å². The summed E-state index contributed by atoms with van der Waals surface area (Å²) in [6.07, 6.45) is 4.02. The summed E-state index contributed by atoms with van der Waals surface area (Å²) in [6.45, 7) is 0. The first-order valence-electron chi connectivity index (χ1n) is 5.03. The van der Waals surface area contributed by atoms with Crippen molar-refractivity contribution in [2.24, 2.45) is 4.40 Å². The molecule has 3 rings (SSSR count). The third-order valence-corrected chi connectivity index (χ3v) is 4.35. The number of thioether (sulfide) groups is 1. The second kappa shape index (κ2) is 4.68. The Kier molecular flexibility index (Phi) is 3.05. The maximum atomic E-state index is 5.42. The van der Waals surface area contributed by atoms with Gasteiger partial charge in [0.15, 0.2) is 5.17 Å². The molecular formula is C12H8N2S3. The summed E-state index contributed by atoms with van der Waals surface area (Å²) in [4.78, 5) is 2.90. The molecule has 5 heteroatoms. The van der Waals surface area contributed by atoms with E-state index in [-0.39, 0.29) is 0 Å². The second-order valence-corrected chi connectivity index (χ2v) is 5.55. The zero-order valence-corrected chi connectivity index (χ0v) is 11.2. The zero-order valence-electron chi connectivity index (χ0n) is 8.74. The molecule has 84 valence electrons. The van der Waals surface area contributed by atoms with Crippen molar-refractivity contribution >= 4 is 46.0 Å². The van der Waals surface area contributed by atoms with Gasteiger partial charge in [0, 0.05) is 23.0 Å². The van der Waals surface area contributed by atoms with Gasteiger partial charge in [-0.05, 0) is 17.0 Å². The van der Waals surface area contributed by atoms with Gasteiger partial charge in [0.25, 0.3) is 0 Å². The summed E-state index contributed by atoms with van der Waals surface area (Å²) in [7, 11) is 0. The predicted molar refractivity (Wildman–Crippen MR) is 79.8 cm³/mol. The van der Waals surface area contributed by atoms with Gasteiger partial charge >= 0.3 is 0 Å². The quantitative estimate of drug-likeness (QED) is 0.353. The number of fused-ring (bicyclic) bond motifs is 1. The van der Waals surface area contributed by atoms with Gasteiger partial charge in [0.05, 0.1) is 0 Å². The minimum absolute atomic E-state index is 0.842. The van der Waals surface area contributed by atoms with Crippen molar-refractivity contribution in [3.8, 4) is 0 Å². The molecule has 0 atom stereocenters. The van der Waals surface area contributed by atoms with Gasteiger partial charge in [-0.25, -0.2) is 0 Å². The van der Waals surface area contributed by atoms with Crippen LogP contribution in [0.2, 0.25) is 0 Å². The Morgan fingerprint density at radius 3 is 2.94 bits per heavy atom. The van der Waals surface area contributed by atoms with E-state index in [1.165, 1.54) is 11.9 Å². The molecule has 0 amide bonds. The molecule has 0 saturated heterocycles. The fraction of sp³-hybridized carbons (Fsp3) is 0. The van der Waals surface area contributed by atoms with Crippen molar-refractivity contribution < 1.29 is 0 Å². The van der Waals surface area contributed by atoms with E-state index in [9.17, 15) is 0 Å². The Morgan fingerprint density at radius 2 is 2.12 bits per heavy atom. The van der Waals surface area contributed by atoms with Crippen LogP contribution in [0.25, 0.3) is 0 Å². The number of hydrogen-bond acceptors (Lipinski definition) is 5. The Balaban J connectivity index is 1.84. The number of benzene rings is 1. The summed E-state index contributed by atoms with van der Waals surface area (Å²) in [5.74, 6) is 0. The molecule has 0 bridgehead atoms. The van der Waals surface area contributed by atoms with E-state index in [2.05, 4.69) is 9.30 Å². The molecule has 0 fully saturated rings. The molecule has 1 aromatic rings. The summed E-state index contributed by atoms with van der Waals surface area (Å²) in [5, 5.41) is 4.10. The van der Waals surface area contributed by atoms with E-state index in [1.807, 2.05) is 48.0 Å². The molecular weight excluding hydrogens is 268 g/mol. The highest BCUT2D eigenvalue weighted by Crippen LogP contribution is 2.38. The van der Waals surface area contributed by atoms with Gasteiger partial charge in [-0.3, -0.25) is 4.90 Å². The maximum absolute atomic E-state index is 5.42. The van der Waals surface area contributed by atoms with E-state index in [1.54, 1.807) is 11.8 Å². The van der Waals surface area contributed by atoms with Crippen molar-refractivity contribution in [3.63, 3.8) is 0 Å². The molecule has 0 spiro atoms. The average molecular weight is 276 g/mol. The highest BCUT2D eigenvalue weighted by molar-refractivity contribution is 8.18. The minimum Gasteiger partial charge on any atom is -0.288 e. The molecule has 1 aromatic carbocycles. The molecule has 2 aliphatic heterocycles. The van der Waals surface area contributed by atoms with Crippen LogP contribution >= 0.6 is 35.9 Å². The van der Waals surface area contributed by atoms with Crippen LogP contribution in [0.4, 0.5) is 0 Å². The first-order valence-corrected chi connectivity index (χ1v) is 7.09. The van der Waals surface area contributed by atoms with Gasteiger partial charge in [-0.15, -0.1) is 0 Å². The standard InChI is InChI=1S/C12H8N2S3/c15-10(9-4-2-1-3-5-9)8-11-14-6-7-16-12(14)13-17-11/h1-8H. The number of allylic oxidation sites excluding steroid dienone is 1. The van der Waals surface area contributed by atoms with E-state index >= 15 is 0 Å². The van der Waals surface area contributed by atoms with E-state index in [4.69, 9.17) is 12.2 Å². The van der Waals surface area contributed by atoms with Gasteiger partial charge in [0.1, 0.15) is 5.03 Å². The lowest BCUT2D eigenvalue weighted by Gasteiger charge is -2.09. The third kappa shape index (κ3) is 2.18. The molecule has 0 aromatic heterocycles. The van der Waals surface area contributed by atoms with Crippen LogP contribution in [0.1, 0.15) is 5.56 Å². The topological polar surface area (TPSA) is 15.6 Å². The van der Waals surface area contributed by atoms with Crippen LogP contribution in [-0.2, 0) is 0 Å². The fourth-order valence-corrected chi connectivity index (χ4v) is 3.44. The summed E-state index contributed by atoms with van der Waals surface area (Å²) in [6, 6.07) is 10.0. The number of hydrogen-bond donors (Lipinski definition) is 0. The normalized spacial score (nSPS) is 19.6. The van der Waals surface area contributed by atoms with Crippen molar-refractivity contribution in [2.45, 2.75) is 0 Å². The first-order chi connectivity index (χ1) is 8.34. The van der Waals surface area contributed by atoms with Crippen LogP contribution in [-0.4, -0.2) is 14.9 Å². The van der Waals surface area contributed by atoms with Crippen LogP contribution < -0.4 is 0 Å². The summed E-state index contributed by atoms with van der Waals surface area (Å²) in [5.41, 5.74) is 1.07. The van der Waals surface area contributed by atoms with E-state index in [0.29, 0.717) is 0 Å². The zero-order chi connectivity index (χ0) is 11.7. The molecule has 0 unspecified atom stereocenters. The highest BCUT2D eigenvalue weighted by atomic mass is 32.2. The maximum Gasteiger partial charge on any atom is 0.185 e. The van der Waals surface area contributed by atoms with E-state index in [0.717, 1.165) is 20.6 Å². The predicted octanol–water partition coefficient (Wildman–Crippen LogP) is 3.78. The first kappa shape index (κ1) is 11.1. The van der Waals surface area contributed by atoms with Crippen molar-refractivity contribution in [1.29, 1.82) is 0 Å². The minimum atomic E-state index is 0.842. The molecule has 0 radical (unpaired) electrons. The molecule has 17 heavy (non-hydrogen) atoms. The van der Waals surface area contributed by atoms with Crippen molar-refractivity contribution in [1.82, 2.24) is 4.90 Å². The summed E-state index contributed by atoms with van der Waals surface area (Å²) < 4.78 is 4.36. The molecule has 0 N–H and O–H groups in total. The SMILES string of the molecule is S=C(C=C1SN=C2SC=CN12)c1ccccc1. The molecule has 2 aliphatic rings. The molecule has 0 saturated carbocycles. The second-order valence-electron chi connectivity index (χ2n) is 3.45.